The van der Waals surface area contributed by atoms with Crippen molar-refractivity contribution in [1.29, 1.82) is 0 Å². The first-order chi connectivity index (χ1) is 19.4. The van der Waals surface area contributed by atoms with Crippen LogP contribution in [0.4, 0.5) is 5.69 Å². The third-order valence-corrected chi connectivity index (χ3v) is 8.98. The van der Waals surface area contributed by atoms with Crippen LogP contribution in [0, 0.1) is 18.8 Å². The summed E-state index contributed by atoms with van der Waals surface area (Å²) in [6, 6.07) is 14.6. The van der Waals surface area contributed by atoms with Gasteiger partial charge in [-0.3, -0.25) is 14.4 Å². The highest BCUT2D eigenvalue weighted by atomic mass is 16.5. The first-order valence-electron chi connectivity index (χ1n) is 14.4. The van der Waals surface area contributed by atoms with E-state index in [4.69, 9.17) is 9.47 Å². The average Bonchev–Trinajstić information content (AvgIpc) is 3.60. The molecule has 8 nitrogen and oxygen atoms in total. The molecule has 0 aromatic heterocycles. The van der Waals surface area contributed by atoms with Crippen LogP contribution in [-0.2, 0) is 25.5 Å². The molecule has 2 saturated heterocycles. The zero-order valence-corrected chi connectivity index (χ0v) is 23.1. The maximum absolute atomic E-state index is 14.2. The molecule has 2 aromatic carbocycles. The molecule has 1 spiro atoms. The fraction of sp³-hybridized carbons (Fsp3) is 0.469. The number of benzene rings is 2. The smallest absolute Gasteiger partial charge is 0.246 e. The number of ether oxygens (including phenoxy) is 2. The summed E-state index contributed by atoms with van der Waals surface area (Å²) in [7, 11) is 1.57. The van der Waals surface area contributed by atoms with E-state index in [1.165, 1.54) is 12.0 Å². The van der Waals surface area contributed by atoms with E-state index in [9.17, 15) is 14.4 Å². The third-order valence-electron chi connectivity index (χ3n) is 8.98. The molecule has 3 aliphatic heterocycles. The Morgan fingerprint density at radius 3 is 2.60 bits per heavy atom. The standard InChI is InChI=1S/C32H37N3O5/c1-20-11-13-21(14-12-20)16-18-35-28(30(37)33-22-7-4-3-5-8-22)32-17-15-25(40-32)26(27(32)31(35)38)29(36)34-23-9-6-10-24(19-23)39-2/h6,9-15,17,19,22,25-28H,3-5,7-8,16,18H2,1-2H3,(H,33,37)(H,34,36)/t25-,26-,27-,28-,32-/m0/s1. The number of nitrogens with one attached hydrogen (secondary N) is 2. The fourth-order valence-corrected chi connectivity index (χ4v) is 6.97. The van der Waals surface area contributed by atoms with Gasteiger partial charge in [0.05, 0.1) is 25.0 Å². The van der Waals surface area contributed by atoms with E-state index in [2.05, 4.69) is 22.8 Å². The highest BCUT2D eigenvalue weighted by molar-refractivity contribution is 6.02. The van der Waals surface area contributed by atoms with Crippen LogP contribution in [0.1, 0.15) is 43.2 Å². The molecule has 3 amide bonds. The molecule has 5 atom stereocenters. The Hall–Kier alpha value is -3.65. The first-order valence-corrected chi connectivity index (χ1v) is 14.4. The van der Waals surface area contributed by atoms with Crippen molar-refractivity contribution in [2.75, 3.05) is 19.0 Å². The van der Waals surface area contributed by atoms with Gasteiger partial charge in [0.2, 0.25) is 17.7 Å². The number of amides is 3. The van der Waals surface area contributed by atoms with Crippen LogP contribution in [-0.4, -0.2) is 60.1 Å². The molecule has 2 N–H and O–H groups in total. The van der Waals surface area contributed by atoms with Crippen molar-refractivity contribution < 1.29 is 23.9 Å². The minimum atomic E-state index is -1.16. The summed E-state index contributed by atoms with van der Waals surface area (Å²) in [5.74, 6) is -1.57. The van der Waals surface area contributed by atoms with Gasteiger partial charge in [0.1, 0.15) is 17.4 Å². The Labute approximate surface area is 235 Å². The molecule has 8 heteroatoms. The zero-order chi connectivity index (χ0) is 27.9. The monoisotopic (exact) mass is 543 g/mol. The second-order valence-corrected chi connectivity index (χ2v) is 11.5. The second kappa shape index (κ2) is 10.7. The summed E-state index contributed by atoms with van der Waals surface area (Å²) in [6.45, 7) is 2.41. The number of anilines is 1. The lowest BCUT2D eigenvalue weighted by atomic mass is 9.74. The van der Waals surface area contributed by atoms with Gasteiger partial charge in [-0.25, -0.2) is 0 Å². The van der Waals surface area contributed by atoms with E-state index in [-0.39, 0.29) is 23.8 Å². The SMILES string of the molecule is COc1cccc(NC(=O)[C@H]2[C@@H]3C=C[C@]4(O3)[C@@H]2C(=O)N(CCc2ccc(C)cc2)[C@H]4C(=O)NC2CCCCC2)c1. The fourth-order valence-electron chi connectivity index (χ4n) is 6.97. The van der Waals surface area contributed by atoms with Crippen molar-refractivity contribution in [3.05, 3.63) is 71.8 Å². The number of rotatable bonds is 8. The van der Waals surface area contributed by atoms with Gasteiger partial charge in [-0.2, -0.15) is 0 Å². The molecule has 210 valence electrons. The summed E-state index contributed by atoms with van der Waals surface area (Å²) >= 11 is 0. The highest BCUT2D eigenvalue weighted by Crippen LogP contribution is 2.55. The number of carbonyl (C=O) groups is 3. The van der Waals surface area contributed by atoms with Crippen LogP contribution < -0.4 is 15.4 Å². The van der Waals surface area contributed by atoms with Crippen LogP contribution in [0.5, 0.6) is 5.75 Å². The predicted molar refractivity (Wildman–Crippen MR) is 151 cm³/mol. The van der Waals surface area contributed by atoms with Gasteiger partial charge in [-0.05, 0) is 43.9 Å². The molecule has 40 heavy (non-hydrogen) atoms. The topological polar surface area (TPSA) is 97.0 Å². The number of likely N-dealkylation sites (tertiary alicyclic amines) is 1. The summed E-state index contributed by atoms with van der Waals surface area (Å²) in [6.07, 6.45) is 9.00. The largest absolute Gasteiger partial charge is 0.497 e. The quantitative estimate of drug-likeness (QED) is 0.494. The van der Waals surface area contributed by atoms with E-state index < -0.39 is 29.6 Å². The lowest BCUT2D eigenvalue weighted by Crippen LogP contribution is -2.56. The van der Waals surface area contributed by atoms with Crippen LogP contribution in [0.25, 0.3) is 0 Å². The molecular weight excluding hydrogens is 506 g/mol. The van der Waals surface area contributed by atoms with Gasteiger partial charge >= 0.3 is 0 Å². The molecule has 4 aliphatic rings. The summed E-state index contributed by atoms with van der Waals surface area (Å²) in [4.78, 5) is 43.4. The molecular formula is C32H37N3O5. The lowest BCUT2D eigenvalue weighted by Gasteiger charge is -2.34. The Balaban J connectivity index is 1.28. The Kier molecular flexibility index (Phi) is 7.13. The maximum atomic E-state index is 14.2. The van der Waals surface area contributed by atoms with Gasteiger partial charge < -0.3 is 25.0 Å². The van der Waals surface area contributed by atoms with Crippen molar-refractivity contribution in [1.82, 2.24) is 10.2 Å². The highest BCUT2D eigenvalue weighted by Gasteiger charge is 2.72. The van der Waals surface area contributed by atoms with Crippen molar-refractivity contribution in [3.8, 4) is 5.75 Å². The van der Waals surface area contributed by atoms with Crippen LogP contribution >= 0.6 is 0 Å². The van der Waals surface area contributed by atoms with Crippen molar-refractivity contribution in [2.45, 2.75) is 69.2 Å². The van der Waals surface area contributed by atoms with Crippen LogP contribution in [0.3, 0.4) is 0 Å². The average molecular weight is 544 g/mol. The molecule has 3 fully saturated rings. The van der Waals surface area contributed by atoms with Crippen LogP contribution in [0.2, 0.25) is 0 Å². The van der Waals surface area contributed by atoms with Gasteiger partial charge in [-0.1, -0.05) is 67.3 Å². The van der Waals surface area contributed by atoms with E-state index in [0.29, 0.717) is 24.4 Å². The van der Waals surface area contributed by atoms with E-state index in [1.54, 1.807) is 36.3 Å². The summed E-state index contributed by atoms with van der Waals surface area (Å²) < 4.78 is 11.8. The number of hydrogen-bond acceptors (Lipinski definition) is 5. The number of carbonyl (C=O) groups excluding carboxylic acids is 3. The third kappa shape index (κ3) is 4.68. The van der Waals surface area contributed by atoms with E-state index >= 15 is 0 Å². The molecule has 2 bridgehead atoms. The summed E-state index contributed by atoms with van der Waals surface area (Å²) in [5.41, 5.74) is 1.68. The van der Waals surface area contributed by atoms with Gasteiger partial charge in [0.15, 0.2) is 0 Å². The Bertz CT molecular complexity index is 1320. The molecule has 6 rings (SSSR count). The second-order valence-electron chi connectivity index (χ2n) is 11.5. The molecule has 3 heterocycles. The van der Waals surface area contributed by atoms with Gasteiger partial charge in [-0.15, -0.1) is 0 Å². The molecule has 1 aliphatic carbocycles. The minimum Gasteiger partial charge on any atom is -0.497 e. The number of nitrogens with zero attached hydrogens (tertiary/aromatic N) is 1. The Morgan fingerprint density at radius 1 is 1.07 bits per heavy atom. The van der Waals surface area contributed by atoms with Gasteiger partial charge in [0.25, 0.3) is 0 Å². The van der Waals surface area contributed by atoms with E-state index in [0.717, 1.165) is 31.2 Å². The van der Waals surface area contributed by atoms with Crippen molar-refractivity contribution in [2.24, 2.45) is 11.8 Å². The number of methoxy groups -OCH3 is 1. The van der Waals surface area contributed by atoms with Crippen LogP contribution in [0.15, 0.2) is 60.7 Å². The number of aryl methyl sites for hydroxylation is 1. The normalized spacial score (nSPS) is 28.9. The summed E-state index contributed by atoms with van der Waals surface area (Å²) in [5, 5.41) is 6.20. The molecule has 0 unspecified atom stereocenters. The number of fused-ring (bicyclic) bond motifs is 1. The van der Waals surface area contributed by atoms with Crippen molar-refractivity contribution >= 4 is 23.4 Å². The molecule has 1 saturated carbocycles. The Morgan fingerprint density at radius 2 is 1.85 bits per heavy atom. The number of hydrogen-bond donors (Lipinski definition) is 2. The van der Waals surface area contributed by atoms with Crippen molar-refractivity contribution in [3.63, 3.8) is 0 Å². The lowest BCUT2D eigenvalue weighted by molar-refractivity contribution is -0.141. The minimum absolute atomic E-state index is 0.0977. The first kappa shape index (κ1) is 26.6. The molecule has 2 aromatic rings. The molecule has 0 radical (unpaired) electrons. The van der Waals surface area contributed by atoms with Gasteiger partial charge in [0, 0.05) is 24.3 Å². The zero-order valence-electron chi connectivity index (χ0n) is 23.1. The maximum Gasteiger partial charge on any atom is 0.246 e. The predicted octanol–water partition coefficient (Wildman–Crippen LogP) is 3.78. The van der Waals surface area contributed by atoms with E-state index in [1.807, 2.05) is 31.2 Å².